The highest BCUT2D eigenvalue weighted by atomic mass is 16.5. The van der Waals surface area contributed by atoms with Crippen molar-refractivity contribution in [1.82, 2.24) is 4.98 Å². The average Bonchev–Trinajstić information content (AvgIpc) is 2.44. The van der Waals surface area contributed by atoms with Gasteiger partial charge in [0.05, 0.1) is 25.3 Å². The first-order chi connectivity index (χ1) is 10.7. The molecule has 22 heavy (non-hydrogen) atoms. The lowest BCUT2D eigenvalue weighted by atomic mass is 9.51. The zero-order valence-electron chi connectivity index (χ0n) is 13.3. The van der Waals surface area contributed by atoms with E-state index in [1.165, 1.54) is 26.4 Å². The number of nitrogens with one attached hydrogen (secondary N) is 1. The molecule has 0 bridgehead atoms. The molecule has 0 aromatic carbocycles. The summed E-state index contributed by atoms with van der Waals surface area (Å²) < 4.78 is 10.6. The number of anilines is 1. The van der Waals surface area contributed by atoms with Gasteiger partial charge in [-0.05, 0) is 38.3 Å². The van der Waals surface area contributed by atoms with Gasteiger partial charge in [-0.1, -0.05) is 12.5 Å². The molecule has 2 atom stereocenters. The van der Waals surface area contributed by atoms with Gasteiger partial charge in [-0.25, -0.2) is 4.98 Å². The van der Waals surface area contributed by atoms with Gasteiger partial charge >= 0.3 is 5.97 Å². The molecule has 1 heterocycles. The predicted octanol–water partition coefficient (Wildman–Crippen LogP) is 2.56. The minimum absolute atomic E-state index is 0.212. The summed E-state index contributed by atoms with van der Waals surface area (Å²) in [7, 11) is 1.40. The van der Waals surface area contributed by atoms with Crippen LogP contribution in [0.15, 0.2) is 18.2 Å². The largest absolute Gasteiger partial charge is 0.469 e. The van der Waals surface area contributed by atoms with Crippen molar-refractivity contribution in [2.45, 2.75) is 51.2 Å². The highest BCUT2D eigenvalue weighted by Crippen LogP contribution is 2.58. The summed E-state index contributed by atoms with van der Waals surface area (Å²) in [5.41, 5.74) is 1.04. The van der Waals surface area contributed by atoms with E-state index in [0.29, 0.717) is 17.6 Å². The number of ether oxygens (including phenoxy) is 2. The van der Waals surface area contributed by atoms with Crippen molar-refractivity contribution < 1.29 is 14.3 Å². The topological polar surface area (TPSA) is 60.5 Å². The number of nitrogens with zero attached hydrogens (tertiary/aromatic N) is 1. The number of rotatable bonds is 6. The van der Waals surface area contributed by atoms with Gasteiger partial charge in [-0.2, -0.15) is 0 Å². The summed E-state index contributed by atoms with van der Waals surface area (Å²) in [5, 5.41) is 3.55. The van der Waals surface area contributed by atoms with Crippen LogP contribution in [0.3, 0.4) is 0 Å². The molecule has 2 aliphatic rings. The quantitative estimate of drug-likeness (QED) is 0.818. The van der Waals surface area contributed by atoms with Gasteiger partial charge in [-0.15, -0.1) is 0 Å². The number of methoxy groups -OCH3 is 1. The third kappa shape index (κ3) is 2.70. The third-order valence-corrected chi connectivity index (χ3v) is 5.12. The van der Waals surface area contributed by atoms with E-state index in [2.05, 4.69) is 17.2 Å². The zero-order valence-corrected chi connectivity index (χ0v) is 13.3. The van der Waals surface area contributed by atoms with Crippen LogP contribution in [0.4, 0.5) is 5.82 Å². The number of carbonyl (C=O) groups excluding carboxylic acids is 1. The summed E-state index contributed by atoms with van der Waals surface area (Å²) in [6.45, 7) is 2.84. The first kappa shape index (κ1) is 15.3. The molecule has 0 amide bonds. The number of esters is 1. The van der Waals surface area contributed by atoms with Crippen LogP contribution in [-0.4, -0.2) is 36.8 Å². The number of carbonyl (C=O) groups is 1. The van der Waals surface area contributed by atoms with Gasteiger partial charge in [-0.3, -0.25) is 4.79 Å². The van der Waals surface area contributed by atoms with E-state index in [0.717, 1.165) is 24.5 Å². The number of hydrogen-bond donors (Lipinski definition) is 1. The Bertz CT molecular complexity index is 542. The fourth-order valence-corrected chi connectivity index (χ4v) is 3.70. The van der Waals surface area contributed by atoms with Crippen LogP contribution in [0.2, 0.25) is 0 Å². The lowest BCUT2D eigenvalue weighted by Crippen LogP contribution is -2.64. The van der Waals surface area contributed by atoms with E-state index in [1.54, 1.807) is 0 Å². The Morgan fingerprint density at radius 3 is 2.91 bits per heavy atom. The van der Waals surface area contributed by atoms with Crippen molar-refractivity contribution in [2.24, 2.45) is 5.41 Å². The number of hydrogen-bond acceptors (Lipinski definition) is 5. The van der Waals surface area contributed by atoms with E-state index >= 15 is 0 Å². The van der Waals surface area contributed by atoms with E-state index in [9.17, 15) is 4.79 Å². The molecule has 1 spiro atoms. The van der Waals surface area contributed by atoms with E-state index in [-0.39, 0.29) is 12.4 Å². The van der Waals surface area contributed by atoms with Crippen molar-refractivity contribution >= 4 is 11.8 Å². The summed E-state index contributed by atoms with van der Waals surface area (Å²) in [6, 6.07) is 6.17. The van der Waals surface area contributed by atoms with Crippen LogP contribution in [-0.2, 0) is 20.7 Å². The summed E-state index contributed by atoms with van der Waals surface area (Å²) >= 11 is 0. The molecule has 0 aliphatic heterocycles. The molecule has 1 N–H and O–H groups in total. The van der Waals surface area contributed by atoms with Crippen LogP contribution in [0.5, 0.6) is 0 Å². The summed E-state index contributed by atoms with van der Waals surface area (Å²) in [6.07, 6.45) is 5.40. The smallest absolute Gasteiger partial charge is 0.311 e. The van der Waals surface area contributed by atoms with Gasteiger partial charge in [0.15, 0.2) is 0 Å². The second-order valence-corrected chi connectivity index (χ2v) is 6.23. The van der Waals surface area contributed by atoms with E-state index < -0.39 is 0 Å². The maximum atomic E-state index is 11.4. The Hall–Kier alpha value is -1.62. The van der Waals surface area contributed by atoms with Crippen LogP contribution < -0.4 is 5.32 Å². The fourth-order valence-electron chi connectivity index (χ4n) is 3.70. The minimum Gasteiger partial charge on any atom is -0.469 e. The molecule has 0 unspecified atom stereocenters. The molecule has 2 saturated carbocycles. The minimum atomic E-state index is -0.264. The molecule has 1 aromatic rings. The van der Waals surface area contributed by atoms with Gasteiger partial charge in [0.2, 0.25) is 0 Å². The Labute approximate surface area is 131 Å². The van der Waals surface area contributed by atoms with Gasteiger partial charge in [0, 0.05) is 18.1 Å². The maximum absolute atomic E-state index is 11.4. The highest BCUT2D eigenvalue weighted by Gasteiger charge is 2.58. The molecule has 3 rings (SSSR count). The maximum Gasteiger partial charge on any atom is 0.311 e. The predicted molar refractivity (Wildman–Crippen MR) is 83.7 cm³/mol. The van der Waals surface area contributed by atoms with Gasteiger partial charge in [0.1, 0.15) is 5.82 Å². The molecule has 2 fully saturated rings. The standard InChI is InChI=1S/C17H24N2O3/c1-3-22-14-11-13(17(14)8-5-9-17)19-15-7-4-6-12(18-15)10-16(20)21-2/h4,6-7,13-14H,3,5,8-11H2,1-2H3,(H,18,19)/t13-,14-/m1/s1. The van der Waals surface area contributed by atoms with Crippen LogP contribution in [0.1, 0.15) is 38.3 Å². The lowest BCUT2D eigenvalue weighted by Gasteiger charge is -2.61. The first-order valence-electron chi connectivity index (χ1n) is 8.09. The van der Waals surface area contributed by atoms with Crippen molar-refractivity contribution in [3.8, 4) is 0 Å². The Morgan fingerprint density at radius 1 is 1.45 bits per heavy atom. The fraction of sp³-hybridized carbons (Fsp3) is 0.647. The molecule has 5 nitrogen and oxygen atoms in total. The first-order valence-corrected chi connectivity index (χ1v) is 8.09. The van der Waals surface area contributed by atoms with Crippen molar-refractivity contribution in [2.75, 3.05) is 19.0 Å². The Morgan fingerprint density at radius 2 is 2.27 bits per heavy atom. The number of pyridine rings is 1. The third-order valence-electron chi connectivity index (χ3n) is 5.12. The number of aromatic nitrogens is 1. The van der Waals surface area contributed by atoms with Crippen LogP contribution in [0.25, 0.3) is 0 Å². The molecule has 0 radical (unpaired) electrons. The molecule has 120 valence electrons. The van der Waals surface area contributed by atoms with E-state index in [4.69, 9.17) is 9.47 Å². The van der Waals surface area contributed by atoms with E-state index in [1.807, 2.05) is 18.2 Å². The molecule has 5 heteroatoms. The molecular weight excluding hydrogens is 280 g/mol. The van der Waals surface area contributed by atoms with Crippen molar-refractivity contribution in [1.29, 1.82) is 0 Å². The SMILES string of the molecule is CCO[C@@H]1C[C@@H](Nc2cccc(CC(=O)OC)n2)C12CCC2. The van der Waals surface area contributed by atoms with Crippen molar-refractivity contribution in [3.63, 3.8) is 0 Å². The Balaban J connectivity index is 1.64. The molecule has 1 aromatic heterocycles. The van der Waals surface area contributed by atoms with Gasteiger partial charge < -0.3 is 14.8 Å². The van der Waals surface area contributed by atoms with Crippen molar-refractivity contribution in [3.05, 3.63) is 23.9 Å². The average molecular weight is 304 g/mol. The lowest BCUT2D eigenvalue weighted by molar-refractivity contribution is -0.157. The monoisotopic (exact) mass is 304 g/mol. The second kappa shape index (κ2) is 6.24. The zero-order chi connectivity index (χ0) is 15.6. The second-order valence-electron chi connectivity index (χ2n) is 6.23. The Kier molecular flexibility index (Phi) is 4.34. The van der Waals surface area contributed by atoms with Crippen LogP contribution >= 0.6 is 0 Å². The van der Waals surface area contributed by atoms with Crippen LogP contribution in [0, 0.1) is 5.41 Å². The molecule has 2 aliphatic carbocycles. The van der Waals surface area contributed by atoms with Gasteiger partial charge in [0.25, 0.3) is 0 Å². The summed E-state index contributed by atoms with van der Waals surface area (Å²) in [4.78, 5) is 15.9. The highest BCUT2D eigenvalue weighted by molar-refractivity contribution is 5.71. The normalized spacial score (nSPS) is 25.2. The summed E-state index contributed by atoms with van der Waals surface area (Å²) in [5.74, 6) is 0.577. The molecular formula is C17H24N2O3. The molecule has 0 saturated heterocycles.